The van der Waals surface area contributed by atoms with E-state index in [4.69, 9.17) is 38.3 Å². The lowest BCUT2D eigenvalue weighted by molar-refractivity contribution is -0.0484. The number of carbonyl (C=O) groups excluding carboxylic acids is 1. The summed E-state index contributed by atoms with van der Waals surface area (Å²) >= 11 is 0.686. The van der Waals surface area contributed by atoms with Gasteiger partial charge >= 0.3 is 26.3 Å². The number of halogens is 1. The summed E-state index contributed by atoms with van der Waals surface area (Å²) in [5.74, 6) is 0.341. The normalized spacial score (nSPS) is 23.6. The minimum absolute atomic E-state index is 0.0374. The van der Waals surface area contributed by atoms with E-state index < -0.39 is 75.4 Å². The summed E-state index contributed by atoms with van der Waals surface area (Å²) in [6, 6.07) is 13.6. The smallest absolute Gasteiger partial charge is 0.472 e. The average Bonchev–Trinajstić information content (AvgIpc) is 3.97. The zero-order valence-electron chi connectivity index (χ0n) is 31.7. The SMILES string of the molecule is COc1ccc(C(=O)Oc2ccc(CSP(=O)(OC[C@@H]3CC[C@H](n4cnc5c(N)ncnc54)O3)O[C@H]3[C@@H](F)[C@H](n4ccc(=O)[nH]c4=O)O[C@@H]3COP(=O)(O)OC)cc2)cc1. The molecular weight excluding hydrogens is 855 g/mol. The molecule has 2 unspecified atom stereocenters. The van der Waals surface area contributed by atoms with Gasteiger partial charge in [-0.15, -0.1) is 0 Å². The number of aromatic amines is 1. The number of aromatic nitrogens is 6. The van der Waals surface area contributed by atoms with Crippen LogP contribution in [0.1, 0.15) is 41.2 Å². The molecule has 0 aliphatic carbocycles. The first-order valence-corrected chi connectivity index (χ1v) is 22.6. The number of esters is 1. The minimum Gasteiger partial charge on any atom is -0.497 e. The third-order valence-corrected chi connectivity index (χ3v) is 13.9. The van der Waals surface area contributed by atoms with Gasteiger partial charge in [-0.1, -0.05) is 12.1 Å². The Morgan fingerprint density at radius 2 is 1.73 bits per heavy atom. The maximum absolute atomic E-state index is 16.5. The molecule has 0 bridgehead atoms. The number of phosphoric ester groups is 1. The van der Waals surface area contributed by atoms with Gasteiger partial charge in [-0.3, -0.25) is 37.0 Å². The van der Waals surface area contributed by atoms with E-state index in [0.717, 1.165) is 23.9 Å². The number of anilines is 1. The Balaban J connectivity index is 1.10. The molecule has 25 heteroatoms. The molecule has 2 saturated heterocycles. The Morgan fingerprint density at radius 1 is 0.983 bits per heavy atom. The number of nitrogen functional groups attached to an aromatic ring is 1. The van der Waals surface area contributed by atoms with Crippen molar-refractivity contribution in [1.29, 1.82) is 0 Å². The zero-order chi connectivity index (χ0) is 42.6. The first kappa shape index (κ1) is 43.3. The molecule has 320 valence electrons. The molecule has 7 rings (SSSR count). The van der Waals surface area contributed by atoms with E-state index in [9.17, 15) is 28.4 Å². The summed E-state index contributed by atoms with van der Waals surface area (Å²) in [5.41, 5.74) is 5.86. The third kappa shape index (κ3) is 10.0. The topological polar surface area (TPSA) is 270 Å². The van der Waals surface area contributed by atoms with Crippen molar-refractivity contribution in [2.24, 2.45) is 0 Å². The number of nitrogens with two attached hydrogens (primary N) is 1. The van der Waals surface area contributed by atoms with Crippen LogP contribution in [0.15, 0.2) is 83.0 Å². The second kappa shape index (κ2) is 18.4. The van der Waals surface area contributed by atoms with Gasteiger partial charge in [0, 0.05) is 25.1 Å². The van der Waals surface area contributed by atoms with Crippen LogP contribution >= 0.6 is 26.0 Å². The van der Waals surface area contributed by atoms with Crippen molar-refractivity contribution in [2.45, 2.75) is 55.5 Å². The second-order valence-corrected chi connectivity index (χ2v) is 18.8. The van der Waals surface area contributed by atoms with Gasteiger partial charge in [0.05, 0.1) is 38.3 Å². The highest BCUT2D eigenvalue weighted by molar-refractivity contribution is 8.54. The van der Waals surface area contributed by atoms with Crippen LogP contribution in [0.4, 0.5) is 10.2 Å². The molecule has 5 aromatic rings. The molecule has 0 spiro atoms. The maximum atomic E-state index is 16.5. The number of H-pyrrole nitrogens is 1. The van der Waals surface area contributed by atoms with Crippen LogP contribution in [0, 0.1) is 0 Å². The lowest BCUT2D eigenvalue weighted by atomic mass is 10.1. The summed E-state index contributed by atoms with van der Waals surface area (Å²) in [7, 11) is -2.23. The molecule has 2 aromatic carbocycles. The number of hydrogen-bond donors (Lipinski definition) is 3. The number of ether oxygens (including phenoxy) is 4. The van der Waals surface area contributed by atoms with Crippen molar-refractivity contribution in [3.05, 3.63) is 105 Å². The largest absolute Gasteiger partial charge is 0.497 e. The van der Waals surface area contributed by atoms with Gasteiger partial charge in [-0.2, -0.15) is 0 Å². The van der Waals surface area contributed by atoms with E-state index in [1.807, 2.05) is 4.98 Å². The van der Waals surface area contributed by atoms with E-state index in [2.05, 4.69) is 19.5 Å². The first-order valence-electron chi connectivity index (χ1n) is 18.0. The molecule has 0 saturated carbocycles. The molecule has 0 amide bonds. The number of imidazole rings is 1. The van der Waals surface area contributed by atoms with Gasteiger partial charge in [0.15, 0.2) is 23.9 Å². The molecule has 2 fully saturated rings. The predicted molar refractivity (Wildman–Crippen MR) is 210 cm³/mol. The summed E-state index contributed by atoms with van der Waals surface area (Å²) < 4.78 is 89.8. The summed E-state index contributed by atoms with van der Waals surface area (Å²) in [6.45, 7) is -5.59. The molecule has 2 aliphatic heterocycles. The van der Waals surface area contributed by atoms with E-state index in [0.29, 0.717) is 52.3 Å². The lowest BCUT2D eigenvalue weighted by Crippen LogP contribution is -2.36. The monoisotopic (exact) mass is 893 g/mol. The molecule has 21 nitrogen and oxygen atoms in total. The predicted octanol–water partition coefficient (Wildman–Crippen LogP) is 4.31. The summed E-state index contributed by atoms with van der Waals surface area (Å²) in [4.78, 5) is 61.5. The molecule has 3 aromatic heterocycles. The lowest BCUT2D eigenvalue weighted by Gasteiger charge is -2.26. The number of fused-ring (bicyclic) bond motifs is 1. The van der Waals surface area contributed by atoms with Gasteiger partial charge in [0.1, 0.15) is 41.8 Å². The number of nitrogens with one attached hydrogen (secondary N) is 1. The Bertz CT molecular complexity index is 2530. The molecule has 60 heavy (non-hydrogen) atoms. The van der Waals surface area contributed by atoms with Crippen molar-refractivity contribution >= 4 is 49.0 Å². The summed E-state index contributed by atoms with van der Waals surface area (Å²) in [6.07, 6.45) is -3.89. The number of phosphoric acid groups is 1. The van der Waals surface area contributed by atoms with Crippen molar-refractivity contribution < 1.29 is 60.3 Å². The molecule has 2 aliphatic rings. The standard InChI is InChI=1S/C35H38FN7O14P2S/c1-50-22-9-5-21(6-10-22)34(45)55-23-7-3-20(4-8-23)17-60-59(49,53-15-24-11-12-27(54-24)43-19-40-29-31(37)38-18-39-32(29)43)57-30-25(16-52-58(47,48)51-2)56-33(28(30)36)42-14-13-26(44)41-35(42)46/h3-10,13-14,18-19,24-25,27-28,30,33H,11-12,15-17H2,1-2H3,(H,47,48)(H2,37,38,39)(H,41,44,46)/t24-,25+,27+,28+,30+,33+,59?/m0/s1. The average molecular weight is 894 g/mol. The number of benzene rings is 2. The zero-order valence-corrected chi connectivity index (χ0v) is 34.3. The second-order valence-electron chi connectivity index (χ2n) is 13.2. The van der Waals surface area contributed by atoms with Crippen LogP contribution < -0.4 is 26.5 Å². The van der Waals surface area contributed by atoms with Gasteiger partial charge in [0.2, 0.25) is 0 Å². The molecule has 0 radical (unpaired) electrons. The molecule has 4 N–H and O–H groups in total. The number of methoxy groups -OCH3 is 1. The Morgan fingerprint density at radius 3 is 2.45 bits per heavy atom. The Hall–Kier alpha value is -4.80. The van der Waals surface area contributed by atoms with Crippen molar-refractivity contribution in [2.75, 3.05) is 33.2 Å². The van der Waals surface area contributed by atoms with Crippen LogP contribution in [0.25, 0.3) is 11.2 Å². The summed E-state index contributed by atoms with van der Waals surface area (Å²) in [5, 5.41) is 0. The van der Waals surface area contributed by atoms with Crippen molar-refractivity contribution in [3.63, 3.8) is 0 Å². The van der Waals surface area contributed by atoms with E-state index in [1.54, 1.807) is 41.0 Å². The maximum Gasteiger partial charge on any atom is 0.472 e. The highest BCUT2D eigenvalue weighted by Crippen LogP contribution is 2.64. The van der Waals surface area contributed by atoms with E-state index in [-0.39, 0.29) is 23.9 Å². The fourth-order valence-electron chi connectivity index (χ4n) is 6.24. The quantitative estimate of drug-likeness (QED) is 0.0667. The van der Waals surface area contributed by atoms with Crippen LogP contribution in [0.5, 0.6) is 11.5 Å². The van der Waals surface area contributed by atoms with Gasteiger partial charge in [-0.05, 0) is 66.2 Å². The Kier molecular flexibility index (Phi) is 13.3. The van der Waals surface area contributed by atoms with Crippen molar-refractivity contribution in [3.8, 4) is 11.5 Å². The van der Waals surface area contributed by atoms with Crippen LogP contribution in [0.2, 0.25) is 0 Å². The number of nitrogens with zero attached hydrogens (tertiary/aromatic N) is 5. The van der Waals surface area contributed by atoms with Crippen LogP contribution in [-0.2, 0) is 42.5 Å². The van der Waals surface area contributed by atoms with Crippen molar-refractivity contribution in [1.82, 2.24) is 29.1 Å². The molecule has 8 atom stereocenters. The number of alkyl halides is 1. The number of hydrogen-bond acceptors (Lipinski definition) is 18. The van der Waals surface area contributed by atoms with Crippen LogP contribution in [0.3, 0.4) is 0 Å². The fraction of sp³-hybridized carbons (Fsp3) is 0.371. The highest BCUT2D eigenvalue weighted by atomic mass is 32.7. The van der Waals surface area contributed by atoms with Gasteiger partial charge in [-0.25, -0.2) is 38.1 Å². The molecule has 5 heterocycles. The minimum atomic E-state index is -4.64. The van der Waals surface area contributed by atoms with Gasteiger partial charge < -0.3 is 29.6 Å². The third-order valence-electron chi connectivity index (χ3n) is 9.33. The van der Waals surface area contributed by atoms with Crippen LogP contribution in [-0.4, -0.2) is 91.8 Å². The number of rotatable bonds is 17. The highest BCUT2D eigenvalue weighted by Gasteiger charge is 2.51. The van der Waals surface area contributed by atoms with Gasteiger partial charge in [0.25, 0.3) is 5.56 Å². The number of carbonyl (C=O) groups is 1. The van der Waals surface area contributed by atoms with E-state index in [1.165, 1.54) is 31.9 Å². The fourth-order valence-corrected chi connectivity index (χ4v) is 10.1. The molecular formula is C35H38FN7O14P2S. The van der Waals surface area contributed by atoms with E-state index >= 15 is 4.39 Å². The Labute approximate surface area is 343 Å². The first-order chi connectivity index (χ1) is 28.7.